The number of amides is 1. The lowest BCUT2D eigenvalue weighted by atomic mass is 9.95. The average molecular weight is 728 g/mol. The second-order valence-corrected chi connectivity index (χ2v) is 15.1. The summed E-state index contributed by atoms with van der Waals surface area (Å²) in [7, 11) is 0. The molecule has 3 fully saturated rings. The Morgan fingerprint density at radius 2 is 1.98 bits per heavy atom. The number of benzene rings is 2. The smallest absolute Gasteiger partial charge is 0.318 e. The number of carbonyl (C=O) groups excluding carboxylic acids is 1. The maximum atomic E-state index is 14.1. The molecule has 10 nitrogen and oxygen atoms in total. The Hall–Kier alpha value is -2.74. The lowest BCUT2D eigenvalue weighted by Gasteiger charge is -2.38. The summed E-state index contributed by atoms with van der Waals surface area (Å²) in [6.07, 6.45) is 5.96. The Bertz CT molecular complexity index is 1610. The molecule has 7 rings (SSSR count). The van der Waals surface area contributed by atoms with Crippen molar-refractivity contribution in [1.29, 1.82) is 0 Å². The number of ether oxygens (including phenoxy) is 1. The quantitative estimate of drug-likeness (QED) is 0.292. The summed E-state index contributed by atoms with van der Waals surface area (Å²) >= 11 is 2.24. The maximum absolute atomic E-state index is 14.1. The summed E-state index contributed by atoms with van der Waals surface area (Å²) in [4.78, 5) is 30.2. The van der Waals surface area contributed by atoms with Gasteiger partial charge in [-0.3, -0.25) is 4.79 Å². The minimum absolute atomic E-state index is 0.0571. The van der Waals surface area contributed by atoms with E-state index >= 15 is 0 Å². The highest BCUT2D eigenvalue weighted by molar-refractivity contribution is 14.1. The second-order valence-electron chi connectivity index (χ2n) is 14.0. The Balaban J connectivity index is 1.15. The number of phenols is 1. The van der Waals surface area contributed by atoms with Gasteiger partial charge < -0.3 is 34.8 Å². The molecule has 3 N–H and O–H groups in total. The molecule has 45 heavy (non-hydrogen) atoms. The predicted molar refractivity (Wildman–Crippen MR) is 179 cm³/mol. The van der Waals surface area contributed by atoms with Crippen molar-refractivity contribution in [3.63, 3.8) is 0 Å². The summed E-state index contributed by atoms with van der Waals surface area (Å²) in [5.41, 5.74) is 1.36. The SMILES string of the molecule is C[C@@]1(O)CCCN(c2nc(OCC3(CN4CCC[C@@H](CO)C4)CC3)nc3c2CN(C(=O)c2cc(O)cc4cccc(I)c24)C3)C1. The largest absolute Gasteiger partial charge is 0.508 e. The van der Waals surface area contributed by atoms with E-state index in [1.165, 1.54) is 0 Å². The highest BCUT2D eigenvalue weighted by Crippen LogP contribution is 2.47. The van der Waals surface area contributed by atoms with Gasteiger partial charge in [0.25, 0.3) is 5.91 Å². The number of aliphatic hydroxyl groups is 2. The fraction of sp³-hybridized carbons (Fsp3) is 0.559. The molecule has 2 aromatic carbocycles. The zero-order chi connectivity index (χ0) is 31.3. The van der Waals surface area contributed by atoms with Crippen LogP contribution in [-0.4, -0.2) is 92.5 Å². The highest BCUT2D eigenvalue weighted by atomic mass is 127. The fourth-order valence-electron chi connectivity index (χ4n) is 7.45. The third-order valence-corrected chi connectivity index (χ3v) is 10.9. The van der Waals surface area contributed by atoms with Crippen molar-refractivity contribution in [3.8, 4) is 11.8 Å². The van der Waals surface area contributed by atoms with Crippen LogP contribution in [0.4, 0.5) is 5.82 Å². The summed E-state index contributed by atoms with van der Waals surface area (Å²) in [6.45, 7) is 7.44. The van der Waals surface area contributed by atoms with Crippen LogP contribution < -0.4 is 9.64 Å². The first-order valence-corrected chi connectivity index (χ1v) is 17.2. The van der Waals surface area contributed by atoms with Crippen molar-refractivity contribution in [2.75, 3.05) is 50.8 Å². The Morgan fingerprint density at radius 3 is 2.76 bits per heavy atom. The molecule has 1 amide bonds. The molecule has 1 saturated carbocycles. The molecule has 3 aliphatic heterocycles. The topological polar surface area (TPSA) is 122 Å². The minimum Gasteiger partial charge on any atom is -0.508 e. The summed E-state index contributed by atoms with van der Waals surface area (Å²) in [5, 5.41) is 32.7. The molecule has 1 aliphatic carbocycles. The summed E-state index contributed by atoms with van der Waals surface area (Å²) in [6, 6.07) is 9.35. The van der Waals surface area contributed by atoms with Crippen LogP contribution in [0.3, 0.4) is 0 Å². The molecule has 4 aliphatic rings. The zero-order valence-electron chi connectivity index (χ0n) is 25.8. The third kappa shape index (κ3) is 6.45. The van der Waals surface area contributed by atoms with Crippen molar-refractivity contribution in [1.82, 2.24) is 19.8 Å². The average Bonchev–Trinajstić information content (AvgIpc) is 3.64. The molecule has 2 atom stereocenters. The number of piperidine rings is 2. The lowest BCUT2D eigenvalue weighted by molar-refractivity contribution is 0.0445. The van der Waals surface area contributed by atoms with Crippen LogP contribution >= 0.6 is 22.6 Å². The Kier molecular flexibility index (Phi) is 8.32. The van der Waals surface area contributed by atoms with Gasteiger partial charge in [0.1, 0.15) is 11.6 Å². The fourth-order valence-corrected chi connectivity index (χ4v) is 8.26. The van der Waals surface area contributed by atoms with Gasteiger partial charge in [0.15, 0.2) is 0 Å². The lowest BCUT2D eigenvalue weighted by Crippen LogP contribution is -2.47. The molecule has 0 bridgehead atoms. The molecule has 3 aromatic rings. The maximum Gasteiger partial charge on any atom is 0.318 e. The van der Waals surface area contributed by atoms with E-state index in [0.717, 1.165) is 96.1 Å². The molecule has 11 heteroatoms. The second kappa shape index (κ2) is 12.1. The molecular formula is C34H42IN5O5. The Labute approximate surface area is 277 Å². The first-order valence-electron chi connectivity index (χ1n) is 16.2. The van der Waals surface area contributed by atoms with Crippen LogP contribution in [-0.2, 0) is 13.1 Å². The number of phenolic OH excluding ortho intramolecular Hbond substituents is 1. The predicted octanol–water partition coefficient (Wildman–Crippen LogP) is 4.31. The molecule has 2 saturated heterocycles. The number of aliphatic hydroxyl groups excluding tert-OH is 1. The van der Waals surface area contributed by atoms with Gasteiger partial charge in [-0.15, -0.1) is 0 Å². The van der Waals surface area contributed by atoms with E-state index in [1.54, 1.807) is 17.0 Å². The first-order chi connectivity index (χ1) is 21.6. The van der Waals surface area contributed by atoms with Gasteiger partial charge in [0.05, 0.1) is 36.6 Å². The van der Waals surface area contributed by atoms with Gasteiger partial charge in [0, 0.05) is 52.7 Å². The van der Waals surface area contributed by atoms with E-state index in [1.807, 2.05) is 25.1 Å². The molecular weight excluding hydrogens is 685 g/mol. The number of fused-ring (bicyclic) bond motifs is 2. The molecule has 240 valence electrons. The number of nitrogens with zero attached hydrogens (tertiary/aromatic N) is 5. The molecule has 0 unspecified atom stereocenters. The van der Waals surface area contributed by atoms with E-state index in [2.05, 4.69) is 32.4 Å². The van der Waals surface area contributed by atoms with Crippen LogP contribution in [0, 0.1) is 14.9 Å². The van der Waals surface area contributed by atoms with E-state index < -0.39 is 5.60 Å². The summed E-state index contributed by atoms with van der Waals surface area (Å²) in [5.74, 6) is 0.970. The van der Waals surface area contributed by atoms with Gasteiger partial charge in [-0.05, 0) is 104 Å². The van der Waals surface area contributed by atoms with Crippen LogP contribution in [0.15, 0.2) is 30.3 Å². The van der Waals surface area contributed by atoms with Gasteiger partial charge in [0.2, 0.25) is 0 Å². The van der Waals surface area contributed by atoms with Crippen molar-refractivity contribution in [3.05, 3.63) is 50.7 Å². The van der Waals surface area contributed by atoms with Crippen molar-refractivity contribution in [2.24, 2.45) is 11.3 Å². The number of rotatable bonds is 8. The van der Waals surface area contributed by atoms with Gasteiger partial charge in [-0.1, -0.05) is 12.1 Å². The van der Waals surface area contributed by atoms with Crippen molar-refractivity contribution >= 4 is 45.1 Å². The van der Waals surface area contributed by atoms with Crippen molar-refractivity contribution in [2.45, 2.75) is 64.1 Å². The summed E-state index contributed by atoms with van der Waals surface area (Å²) < 4.78 is 7.33. The monoisotopic (exact) mass is 727 g/mol. The van der Waals surface area contributed by atoms with E-state index in [0.29, 0.717) is 43.7 Å². The number of likely N-dealkylation sites (tertiary alicyclic amines) is 1. The minimum atomic E-state index is -0.832. The number of anilines is 1. The zero-order valence-corrected chi connectivity index (χ0v) is 28.0. The van der Waals surface area contributed by atoms with Gasteiger partial charge in [-0.25, -0.2) is 0 Å². The van der Waals surface area contributed by atoms with Crippen molar-refractivity contribution < 1.29 is 24.9 Å². The number of carbonyl (C=O) groups is 1. The first kappa shape index (κ1) is 30.9. The van der Waals surface area contributed by atoms with E-state index in [-0.39, 0.29) is 23.7 Å². The highest BCUT2D eigenvalue weighted by Gasteiger charge is 2.46. The van der Waals surface area contributed by atoms with E-state index in [9.17, 15) is 20.1 Å². The number of β-amino-alcohol motifs (C(OH)–C–C–N with tert-alkyl or cyclic N) is 1. The molecule has 0 spiro atoms. The van der Waals surface area contributed by atoms with Crippen LogP contribution in [0.25, 0.3) is 10.8 Å². The molecule has 1 aromatic heterocycles. The number of aromatic hydroxyl groups is 1. The number of hydrogen-bond acceptors (Lipinski definition) is 9. The van der Waals surface area contributed by atoms with E-state index in [4.69, 9.17) is 14.7 Å². The Morgan fingerprint density at radius 1 is 1.13 bits per heavy atom. The van der Waals surface area contributed by atoms with Gasteiger partial charge >= 0.3 is 6.01 Å². The number of halogens is 1. The number of hydrogen-bond donors (Lipinski definition) is 3. The normalized spacial score (nSPS) is 24.6. The standard InChI is InChI=1S/C34H42IN5O5/c1-33(44)8-4-12-39(19-33)30-26-16-40(31(43)25-14-24(42)13-23-6-2-7-27(35)29(23)25)17-28(26)36-32(37-30)45-21-34(9-10-34)20-38-11-3-5-22(15-38)18-41/h2,6-7,13-14,22,41-42,44H,3-5,8-12,15-21H2,1H3/t22-,33-/m1/s1. The van der Waals surface area contributed by atoms with Crippen LogP contribution in [0.2, 0.25) is 0 Å². The van der Waals surface area contributed by atoms with Crippen LogP contribution in [0.1, 0.15) is 67.1 Å². The molecule has 4 heterocycles. The van der Waals surface area contributed by atoms with Crippen LogP contribution in [0.5, 0.6) is 11.8 Å². The van der Waals surface area contributed by atoms with Gasteiger partial charge in [-0.2, -0.15) is 9.97 Å². The third-order valence-electron chi connectivity index (χ3n) is 10.0. The number of aromatic nitrogens is 2. The molecule has 0 radical (unpaired) electrons.